The minimum atomic E-state index is -0.131. The van der Waals surface area contributed by atoms with Crippen molar-refractivity contribution >= 4 is 79.0 Å². The summed E-state index contributed by atoms with van der Waals surface area (Å²) in [5.41, 5.74) is 21.6. The number of anilines is 6. The number of hydrogen-bond donors (Lipinski definition) is 0. The Morgan fingerprint density at radius 1 is 0.623 bits per heavy atom. The third kappa shape index (κ3) is 5.41. The molecule has 0 radical (unpaired) electrons. The first-order valence-corrected chi connectivity index (χ1v) is 23.3. The molecule has 5 aromatic carbocycles. The van der Waals surface area contributed by atoms with Crippen LogP contribution in [0.5, 0.6) is 0 Å². The molecular weight excluding hydrogens is 760 g/mol. The summed E-state index contributed by atoms with van der Waals surface area (Å²) in [5, 5.41) is 1.18. The van der Waals surface area contributed by atoms with Gasteiger partial charge in [-0.15, -0.1) is 0 Å². The van der Waals surface area contributed by atoms with E-state index in [0.29, 0.717) is 0 Å². The Kier molecular flexibility index (Phi) is 7.87. The summed E-state index contributed by atoms with van der Waals surface area (Å²) in [5.74, 6) is 0. The van der Waals surface area contributed by atoms with Gasteiger partial charge in [-0.2, -0.15) is 11.3 Å². The van der Waals surface area contributed by atoms with E-state index in [9.17, 15) is 0 Å². The molecule has 4 heterocycles. The zero-order chi connectivity index (χ0) is 42.9. The predicted octanol–water partition coefficient (Wildman–Crippen LogP) is 14.1. The van der Waals surface area contributed by atoms with Crippen LogP contribution in [0.4, 0.5) is 34.1 Å². The maximum absolute atomic E-state index is 7.55. The molecule has 0 spiro atoms. The number of benzene rings is 5. The smallest absolute Gasteiger partial charge is 0.309 e. The Morgan fingerprint density at radius 3 is 1.77 bits per heavy atom. The number of hydrogen-bond acceptors (Lipinski definition) is 4. The van der Waals surface area contributed by atoms with Crippen molar-refractivity contribution in [2.24, 2.45) is 0 Å². The van der Waals surface area contributed by atoms with E-state index in [4.69, 9.17) is 4.42 Å². The Morgan fingerprint density at radius 2 is 1.18 bits per heavy atom. The first-order chi connectivity index (χ1) is 28.7. The minimum Gasteiger partial charge on any atom is -0.468 e. The summed E-state index contributed by atoms with van der Waals surface area (Å²) in [7, 11) is 0. The van der Waals surface area contributed by atoms with E-state index in [1.54, 1.807) is 0 Å². The van der Waals surface area contributed by atoms with Gasteiger partial charge in [0.15, 0.2) is 0 Å². The second-order valence-corrected chi connectivity index (χ2v) is 23.6. The molecule has 2 aliphatic carbocycles. The van der Waals surface area contributed by atoms with E-state index in [0.717, 1.165) is 23.4 Å². The van der Waals surface area contributed by atoms with Gasteiger partial charge in [0.1, 0.15) is 11.2 Å². The monoisotopic (exact) mass is 818 g/mol. The summed E-state index contributed by atoms with van der Waals surface area (Å²) in [4.78, 5) is 6.75. The van der Waals surface area contributed by atoms with Gasteiger partial charge >= 0.3 is 6.71 Å². The van der Waals surface area contributed by atoms with E-state index in [1.807, 2.05) is 0 Å². The summed E-state index contributed by atoms with van der Waals surface area (Å²) in [6, 6.07) is 37.6. The van der Waals surface area contributed by atoms with Crippen molar-refractivity contribution in [1.29, 1.82) is 0 Å². The van der Waals surface area contributed by atoms with Gasteiger partial charge in [-0.1, -0.05) is 132 Å². The Balaban J connectivity index is 1.26. The molecule has 2 aliphatic heterocycles. The van der Waals surface area contributed by atoms with Crippen molar-refractivity contribution in [2.45, 2.75) is 130 Å². The second-order valence-electron chi connectivity index (χ2n) is 22.6. The number of rotatable bonds is 2. The van der Waals surface area contributed by atoms with Gasteiger partial charge < -0.3 is 14.2 Å². The molecule has 0 N–H and O–H groups in total. The van der Waals surface area contributed by atoms with Gasteiger partial charge in [0, 0.05) is 43.2 Å². The number of aryl methyl sites for hydroxylation is 1. The Bertz CT molecular complexity index is 2980. The average Bonchev–Trinajstić information content (AvgIpc) is 3.85. The molecule has 0 fully saturated rings. The molecule has 308 valence electrons. The molecule has 4 aliphatic rings. The topological polar surface area (TPSA) is 19.6 Å². The van der Waals surface area contributed by atoms with E-state index in [1.165, 1.54) is 99.9 Å². The van der Waals surface area contributed by atoms with Crippen molar-refractivity contribution < 1.29 is 4.42 Å². The zero-order valence-electron chi connectivity index (χ0n) is 38.4. The number of fused-ring (bicyclic) bond motifs is 11. The van der Waals surface area contributed by atoms with Gasteiger partial charge in [-0.3, -0.25) is 0 Å². The fraction of sp³-hybridized carbons (Fsp3) is 0.357. The lowest BCUT2D eigenvalue weighted by Gasteiger charge is -2.44. The van der Waals surface area contributed by atoms with Gasteiger partial charge in [0.05, 0.1) is 11.4 Å². The summed E-state index contributed by atoms with van der Waals surface area (Å²) >= 11 is 2.06. The van der Waals surface area contributed by atoms with Gasteiger partial charge in [0.2, 0.25) is 0 Å². The lowest BCUT2D eigenvalue weighted by Crippen LogP contribution is -2.60. The third-order valence-corrected chi connectivity index (χ3v) is 16.6. The van der Waals surface area contributed by atoms with Crippen LogP contribution in [0.2, 0.25) is 0 Å². The fourth-order valence-electron chi connectivity index (χ4n) is 11.4. The lowest BCUT2D eigenvalue weighted by atomic mass is 9.38. The molecule has 0 atom stereocenters. The van der Waals surface area contributed by atoms with Crippen LogP contribution in [-0.2, 0) is 27.1 Å². The average molecular weight is 819 g/mol. The fourth-order valence-corrected chi connectivity index (χ4v) is 13.1. The molecule has 0 saturated carbocycles. The quantitative estimate of drug-likeness (QED) is 0.162. The van der Waals surface area contributed by atoms with Crippen molar-refractivity contribution in [1.82, 2.24) is 0 Å². The number of thiophene rings is 1. The predicted molar refractivity (Wildman–Crippen MR) is 263 cm³/mol. The summed E-state index contributed by atoms with van der Waals surface area (Å²) < 4.78 is 8.96. The summed E-state index contributed by atoms with van der Waals surface area (Å²) in [6.45, 7) is 30.7. The highest BCUT2D eigenvalue weighted by Crippen LogP contribution is 2.58. The first kappa shape index (κ1) is 38.9. The normalized spacial score (nSPS) is 17.8. The number of furan rings is 1. The van der Waals surface area contributed by atoms with Crippen molar-refractivity contribution in [2.75, 3.05) is 9.80 Å². The molecule has 0 bridgehead atoms. The molecule has 3 nitrogen and oxygen atoms in total. The van der Waals surface area contributed by atoms with Crippen LogP contribution in [0.3, 0.4) is 0 Å². The van der Waals surface area contributed by atoms with E-state index >= 15 is 0 Å². The van der Waals surface area contributed by atoms with E-state index in [2.05, 4.69) is 208 Å². The molecule has 5 heteroatoms. The van der Waals surface area contributed by atoms with Crippen LogP contribution in [0.25, 0.3) is 22.1 Å². The molecule has 0 unspecified atom stereocenters. The van der Waals surface area contributed by atoms with Gasteiger partial charge in [0.25, 0.3) is 0 Å². The van der Waals surface area contributed by atoms with Crippen LogP contribution in [0.1, 0.15) is 134 Å². The molecule has 7 aromatic rings. The molecular formula is C56H59BN2OS. The molecule has 2 aromatic heterocycles. The Hall–Kier alpha value is -5.00. The third-order valence-electron chi connectivity index (χ3n) is 15.0. The van der Waals surface area contributed by atoms with Crippen LogP contribution in [0, 0.1) is 6.92 Å². The van der Waals surface area contributed by atoms with Gasteiger partial charge in [-0.05, 0) is 140 Å². The zero-order valence-corrected chi connectivity index (χ0v) is 39.3. The van der Waals surface area contributed by atoms with Crippen molar-refractivity contribution in [3.05, 3.63) is 135 Å². The van der Waals surface area contributed by atoms with Crippen molar-refractivity contribution in [3.8, 4) is 11.1 Å². The maximum Gasteiger partial charge on any atom is 0.309 e. The highest BCUT2D eigenvalue weighted by Gasteiger charge is 2.53. The molecule has 61 heavy (non-hydrogen) atoms. The SMILES string of the molecule is Cc1cc2c3c(c1)N(c1ccc(C(C)(C)C)cc1)c1c(oc4cc5c(cc14)-c1ccccc1C5(C)C)B3c1sc3c(c1N2c1ccc(C(C)(C)C)cc1)C(C)(C)CCC3(C)C. The van der Waals surface area contributed by atoms with Crippen LogP contribution in [0.15, 0.2) is 101 Å². The largest absolute Gasteiger partial charge is 0.468 e. The number of nitrogens with zero attached hydrogens (tertiary/aromatic N) is 2. The Labute approximate surface area is 367 Å². The van der Waals surface area contributed by atoms with E-state index in [-0.39, 0.29) is 33.8 Å². The maximum atomic E-state index is 7.55. The standard InChI is InChI=1S/C56H59BN2OS/c1-32-28-42-46-43(29-32)59(36-24-20-34(21-25-36)53(5,6)7)48-45-49(55(10,11)27-26-54(45,8)9)61-51(48)57(46)50-47(58(42)35-22-18-33(19-23-35)52(2,3)4)39-30-38-37-16-14-15-17-40(37)56(12,13)41(38)31-44(39)60-50/h14-25,28-31H,26-27H2,1-13H3. The minimum absolute atomic E-state index is 0.00861. The highest BCUT2D eigenvalue weighted by molar-refractivity contribution is 7.29. The highest BCUT2D eigenvalue weighted by atomic mass is 32.1. The van der Waals surface area contributed by atoms with Crippen molar-refractivity contribution in [3.63, 3.8) is 0 Å². The molecule has 0 amide bonds. The molecule has 0 saturated heterocycles. The van der Waals surface area contributed by atoms with Crippen LogP contribution in [-0.4, -0.2) is 6.71 Å². The van der Waals surface area contributed by atoms with Gasteiger partial charge in [-0.25, -0.2) is 0 Å². The molecule has 11 rings (SSSR count). The summed E-state index contributed by atoms with van der Waals surface area (Å²) in [6.07, 6.45) is 2.33. The lowest BCUT2D eigenvalue weighted by molar-refractivity contribution is 0.339. The second kappa shape index (κ2) is 12.3. The first-order valence-electron chi connectivity index (χ1n) is 22.5. The van der Waals surface area contributed by atoms with E-state index < -0.39 is 0 Å². The van der Waals surface area contributed by atoms with Crippen LogP contribution < -0.4 is 25.7 Å². The van der Waals surface area contributed by atoms with Crippen LogP contribution >= 0.6 is 11.3 Å².